The second-order valence-corrected chi connectivity index (χ2v) is 6.54. The Bertz CT molecular complexity index is 573. The second-order valence-electron chi connectivity index (χ2n) is 5.82. The third-order valence-electron chi connectivity index (χ3n) is 3.84. The first kappa shape index (κ1) is 15.6. The van der Waals surface area contributed by atoms with E-state index in [9.17, 15) is 0 Å². The molecule has 1 unspecified atom stereocenters. The van der Waals surface area contributed by atoms with Gasteiger partial charge in [0.1, 0.15) is 0 Å². The Balaban J connectivity index is 1.51. The molecule has 2 aromatic rings. The van der Waals surface area contributed by atoms with E-state index < -0.39 is 0 Å². The van der Waals surface area contributed by atoms with Crippen molar-refractivity contribution < 1.29 is 4.74 Å². The van der Waals surface area contributed by atoms with E-state index in [-0.39, 0.29) is 0 Å². The molecule has 0 radical (unpaired) electrons. The average Bonchev–Trinajstić information content (AvgIpc) is 3.01. The molecule has 118 valence electrons. The van der Waals surface area contributed by atoms with Crippen molar-refractivity contribution in [2.24, 2.45) is 0 Å². The number of morpholine rings is 1. The molecule has 1 aliphatic rings. The average molecular weight is 317 g/mol. The zero-order chi connectivity index (χ0) is 15.2. The first-order valence-electron chi connectivity index (χ1n) is 7.79. The molecular weight excluding hydrogens is 294 g/mol. The van der Waals surface area contributed by atoms with Crippen LogP contribution in [0, 0.1) is 0 Å². The Morgan fingerprint density at radius 1 is 1.36 bits per heavy atom. The largest absolute Gasteiger partial charge is 0.376 e. The van der Waals surface area contributed by atoms with Crippen molar-refractivity contribution in [1.82, 2.24) is 15.2 Å². The van der Waals surface area contributed by atoms with Gasteiger partial charge in [-0.05, 0) is 18.1 Å². The molecule has 0 saturated carbocycles. The third-order valence-corrected chi connectivity index (χ3v) is 4.48. The van der Waals surface area contributed by atoms with Crippen molar-refractivity contribution in [2.45, 2.75) is 32.7 Å². The van der Waals surface area contributed by atoms with Gasteiger partial charge in [0.05, 0.1) is 23.9 Å². The van der Waals surface area contributed by atoms with Crippen molar-refractivity contribution in [3.05, 3.63) is 52.0 Å². The van der Waals surface area contributed by atoms with Crippen LogP contribution in [0.4, 0.5) is 0 Å². The summed E-state index contributed by atoms with van der Waals surface area (Å²) in [6, 6.07) is 8.84. The van der Waals surface area contributed by atoms with Crippen LogP contribution in [0.1, 0.15) is 23.7 Å². The molecule has 22 heavy (non-hydrogen) atoms. The lowest BCUT2D eigenvalue weighted by atomic mass is 10.1. The highest BCUT2D eigenvalue weighted by molar-refractivity contribution is 7.07. The van der Waals surface area contributed by atoms with Crippen molar-refractivity contribution in [3.8, 4) is 0 Å². The van der Waals surface area contributed by atoms with Crippen LogP contribution in [0.2, 0.25) is 0 Å². The molecule has 4 nitrogen and oxygen atoms in total. The van der Waals surface area contributed by atoms with Crippen molar-refractivity contribution >= 4 is 11.3 Å². The number of hydrogen-bond acceptors (Lipinski definition) is 5. The number of rotatable bonds is 6. The second kappa shape index (κ2) is 7.83. The van der Waals surface area contributed by atoms with Gasteiger partial charge in [-0.25, -0.2) is 4.98 Å². The molecule has 0 amide bonds. The molecule has 5 heteroatoms. The van der Waals surface area contributed by atoms with Crippen molar-refractivity contribution in [1.29, 1.82) is 0 Å². The van der Waals surface area contributed by atoms with Crippen molar-refractivity contribution in [3.63, 3.8) is 0 Å². The van der Waals surface area contributed by atoms with E-state index >= 15 is 0 Å². The predicted molar refractivity (Wildman–Crippen MR) is 89.8 cm³/mol. The van der Waals surface area contributed by atoms with Gasteiger partial charge >= 0.3 is 0 Å². The highest BCUT2D eigenvalue weighted by Crippen LogP contribution is 2.12. The van der Waals surface area contributed by atoms with Crippen LogP contribution in [-0.4, -0.2) is 35.7 Å². The normalized spacial score (nSPS) is 19.4. The minimum atomic E-state index is 0.344. The molecule has 1 aromatic carbocycles. The van der Waals surface area contributed by atoms with Crippen LogP contribution in [0.25, 0.3) is 0 Å². The first-order chi connectivity index (χ1) is 10.8. The number of hydrogen-bond donors (Lipinski definition) is 1. The molecule has 1 aromatic heterocycles. The maximum atomic E-state index is 5.60. The summed E-state index contributed by atoms with van der Waals surface area (Å²) in [4.78, 5) is 6.76. The van der Waals surface area contributed by atoms with Crippen LogP contribution < -0.4 is 5.32 Å². The maximum absolute atomic E-state index is 5.60. The molecule has 0 aliphatic carbocycles. The van der Waals surface area contributed by atoms with E-state index in [0.717, 1.165) is 45.0 Å². The third kappa shape index (κ3) is 4.61. The van der Waals surface area contributed by atoms with Gasteiger partial charge in [-0.1, -0.05) is 24.3 Å². The molecule has 1 atom stereocenters. The monoisotopic (exact) mass is 317 g/mol. The number of ether oxygens (including phenoxy) is 1. The molecule has 2 heterocycles. The molecule has 1 aliphatic heterocycles. The summed E-state index contributed by atoms with van der Waals surface area (Å²) in [5.74, 6) is 0. The molecule has 1 N–H and O–H groups in total. The summed E-state index contributed by atoms with van der Waals surface area (Å²) in [6.07, 6.45) is 0.344. The summed E-state index contributed by atoms with van der Waals surface area (Å²) in [6.45, 7) is 7.75. The van der Waals surface area contributed by atoms with E-state index in [2.05, 4.69) is 51.8 Å². The van der Waals surface area contributed by atoms with Gasteiger partial charge in [-0.3, -0.25) is 4.90 Å². The number of thiazole rings is 1. The zero-order valence-electron chi connectivity index (χ0n) is 13.0. The molecular formula is C17H23N3OS. The van der Waals surface area contributed by atoms with Gasteiger partial charge < -0.3 is 10.1 Å². The SMILES string of the molecule is CC1CN(Cc2cccc(CNCc3cscn3)c2)CCO1. The smallest absolute Gasteiger partial charge is 0.0795 e. The highest BCUT2D eigenvalue weighted by Gasteiger charge is 2.16. The van der Waals surface area contributed by atoms with Crippen LogP contribution in [0.15, 0.2) is 35.2 Å². The topological polar surface area (TPSA) is 37.4 Å². The Hall–Kier alpha value is -1.27. The Morgan fingerprint density at radius 3 is 3.09 bits per heavy atom. The van der Waals surface area contributed by atoms with Crippen molar-refractivity contribution in [2.75, 3.05) is 19.7 Å². The zero-order valence-corrected chi connectivity index (χ0v) is 13.8. The van der Waals surface area contributed by atoms with Gasteiger partial charge in [-0.2, -0.15) is 0 Å². The predicted octanol–water partition coefficient (Wildman–Crippen LogP) is 2.65. The summed E-state index contributed by atoms with van der Waals surface area (Å²) < 4.78 is 5.60. The van der Waals surface area contributed by atoms with Gasteiger partial charge in [0, 0.05) is 38.1 Å². The van der Waals surface area contributed by atoms with E-state index in [1.807, 2.05) is 5.51 Å². The Morgan fingerprint density at radius 2 is 2.27 bits per heavy atom. The lowest BCUT2D eigenvalue weighted by molar-refractivity contribution is -0.0212. The van der Waals surface area contributed by atoms with E-state index in [0.29, 0.717) is 6.10 Å². The highest BCUT2D eigenvalue weighted by atomic mass is 32.1. The number of nitrogens with one attached hydrogen (secondary N) is 1. The molecule has 1 saturated heterocycles. The fourth-order valence-corrected chi connectivity index (χ4v) is 3.35. The lowest BCUT2D eigenvalue weighted by Crippen LogP contribution is -2.40. The van der Waals surface area contributed by atoms with Crippen LogP contribution in [0.5, 0.6) is 0 Å². The van der Waals surface area contributed by atoms with E-state index in [1.165, 1.54) is 11.1 Å². The number of aromatic nitrogens is 1. The summed E-state index contributed by atoms with van der Waals surface area (Å²) in [7, 11) is 0. The quantitative estimate of drug-likeness (QED) is 0.889. The summed E-state index contributed by atoms with van der Waals surface area (Å²) in [5, 5.41) is 5.54. The lowest BCUT2D eigenvalue weighted by Gasteiger charge is -2.31. The van der Waals surface area contributed by atoms with E-state index in [1.54, 1.807) is 11.3 Å². The standard InChI is InChI=1S/C17H23N3OS/c1-14-10-20(5-6-21-14)11-16-4-2-3-15(7-16)8-18-9-17-12-22-13-19-17/h2-4,7,12-14,18H,5-6,8-11H2,1H3. The molecule has 3 rings (SSSR count). The minimum Gasteiger partial charge on any atom is -0.376 e. The molecule has 1 fully saturated rings. The summed E-state index contributed by atoms with van der Waals surface area (Å²) in [5.41, 5.74) is 5.69. The van der Waals surface area contributed by atoms with E-state index in [4.69, 9.17) is 4.74 Å². The van der Waals surface area contributed by atoms with Gasteiger partial charge in [0.15, 0.2) is 0 Å². The van der Waals surface area contributed by atoms with Crippen LogP contribution in [0.3, 0.4) is 0 Å². The first-order valence-corrected chi connectivity index (χ1v) is 8.73. The van der Waals surface area contributed by atoms with Crippen LogP contribution >= 0.6 is 11.3 Å². The van der Waals surface area contributed by atoms with Gasteiger partial charge in [-0.15, -0.1) is 11.3 Å². The Kier molecular flexibility index (Phi) is 5.56. The fraction of sp³-hybridized carbons (Fsp3) is 0.471. The maximum Gasteiger partial charge on any atom is 0.0795 e. The van der Waals surface area contributed by atoms with Gasteiger partial charge in [0.2, 0.25) is 0 Å². The Labute approximate surface area is 136 Å². The summed E-state index contributed by atoms with van der Waals surface area (Å²) >= 11 is 1.64. The van der Waals surface area contributed by atoms with Crippen LogP contribution in [-0.2, 0) is 24.4 Å². The minimum absolute atomic E-state index is 0.344. The molecule has 0 spiro atoms. The molecule has 0 bridgehead atoms. The van der Waals surface area contributed by atoms with Gasteiger partial charge in [0.25, 0.3) is 0 Å². The number of nitrogens with zero attached hydrogens (tertiary/aromatic N) is 2. The fourth-order valence-electron chi connectivity index (χ4n) is 2.79. The number of benzene rings is 1.